The predicted octanol–water partition coefficient (Wildman–Crippen LogP) is 1.73. The van der Waals surface area contributed by atoms with Crippen LogP contribution in [0.25, 0.3) is 0 Å². The summed E-state index contributed by atoms with van der Waals surface area (Å²) in [6.45, 7) is 5.08. The first kappa shape index (κ1) is 15.9. The fraction of sp³-hybridized carbons (Fsp3) is 0.375. The van der Waals surface area contributed by atoms with Crippen LogP contribution in [0.5, 0.6) is 5.75 Å². The Balaban J connectivity index is 1.79. The molecule has 1 heterocycles. The Bertz CT molecular complexity index is 580. The summed E-state index contributed by atoms with van der Waals surface area (Å²) in [6.07, 6.45) is 4.72. The minimum absolute atomic E-state index is 0.268. The summed E-state index contributed by atoms with van der Waals surface area (Å²) in [5, 5.41) is 20.1. The first-order chi connectivity index (χ1) is 10.8. The van der Waals surface area contributed by atoms with Gasteiger partial charge in [-0.2, -0.15) is 5.10 Å². The third-order valence-electron chi connectivity index (χ3n) is 3.09. The second-order valence-corrected chi connectivity index (χ2v) is 4.91. The zero-order valence-corrected chi connectivity index (χ0v) is 12.9. The average molecular weight is 301 g/mol. The molecule has 22 heavy (non-hydrogen) atoms. The van der Waals surface area contributed by atoms with Crippen molar-refractivity contribution in [1.29, 1.82) is 0 Å². The molecule has 3 N–H and O–H groups in total. The van der Waals surface area contributed by atoms with Gasteiger partial charge < -0.3 is 15.7 Å². The molecule has 0 aliphatic rings. The van der Waals surface area contributed by atoms with E-state index in [9.17, 15) is 5.11 Å². The topological polar surface area (TPSA) is 74.5 Å². The van der Waals surface area contributed by atoms with Gasteiger partial charge in [0.2, 0.25) is 0 Å². The molecule has 0 unspecified atom stereocenters. The Labute approximate surface area is 130 Å². The van der Waals surface area contributed by atoms with Gasteiger partial charge in [0.15, 0.2) is 5.96 Å². The molecule has 6 nitrogen and oxygen atoms in total. The van der Waals surface area contributed by atoms with E-state index in [4.69, 9.17) is 0 Å². The van der Waals surface area contributed by atoms with E-state index in [2.05, 4.69) is 20.7 Å². The molecule has 0 saturated carbocycles. The molecule has 2 rings (SSSR count). The molecule has 6 heteroatoms. The van der Waals surface area contributed by atoms with Crippen LogP contribution in [0.4, 0.5) is 0 Å². The molecule has 1 aromatic heterocycles. The molecule has 0 radical (unpaired) electrons. The van der Waals surface area contributed by atoms with Crippen LogP contribution >= 0.6 is 0 Å². The van der Waals surface area contributed by atoms with Crippen molar-refractivity contribution in [2.45, 2.75) is 26.4 Å². The van der Waals surface area contributed by atoms with Crippen molar-refractivity contribution in [1.82, 2.24) is 20.4 Å². The number of aromatic nitrogens is 2. The lowest BCUT2D eigenvalue weighted by Crippen LogP contribution is -2.38. The zero-order chi connectivity index (χ0) is 15.6. The van der Waals surface area contributed by atoms with Crippen LogP contribution < -0.4 is 10.6 Å². The van der Waals surface area contributed by atoms with E-state index >= 15 is 0 Å². The van der Waals surface area contributed by atoms with E-state index in [0.29, 0.717) is 6.54 Å². The molecule has 0 aliphatic heterocycles. The Hall–Kier alpha value is -2.50. The monoisotopic (exact) mass is 301 g/mol. The first-order valence-electron chi connectivity index (χ1n) is 7.55. The molecule has 0 atom stereocenters. The van der Waals surface area contributed by atoms with Crippen molar-refractivity contribution < 1.29 is 5.11 Å². The second kappa shape index (κ2) is 8.71. The molecule has 0 saturated heterocycles. The minimum atomic E-state index is 0.268. The lowest BCUT2D eigenvalue weighted by molar-refractivity contribution is 0.474. The van der Waals surface area contributed by atoms with Gasteiger partial charge in [-0.05, 0) is 37.1 Å². The third kappa shape index (κ3) is 5.47. The summed E-state index contributed by atoms with van der Waals surface area (Å²) in [5.74, 6) is 1.05. The molecule has 118 valence electrons. The summed E-state index contributed by atoms with van der Waals surface area (Å²) >= 11 is 0. The van der Waals surface area contributed by atoms with Crippen LogP contribution in [0, 0.1) is 0 Å². The Kier molecular flexibility index (Phi) is 6.29. The quantitative estimate of drug-likeness (QED) is 0.414. The molecule has 2 aromatic rings. The Morgan fingerprint density at radius 2 is 2.23 bits per heavy atom. The summed E-state index contributed by atoms with van der Waals surface area (Å²) in [7, 11) is 0. The highest BCUT2D eigenvalue weighted by atomic mass is 16.3. The summed E-state index contributed by atoms with van der Waals surface area (Å²) in [4.78, 5) is 4.52. The molecule has 0 amide bonds. The van der Waals surface area contributed by atoms with Crippen molar-refractivity contribution in [3.63, 3.8) is 0 Å². The standard InChI is InChI=1S/C16H23N5O/c1-2-17-16(18-8-4-10-21-11-5-9-20-21)19-13-14-6-3-7-15(22)12-14/h3,5-7,9,11-12,22H,2,4,8,10,13H2,1H3,(H2,17,18,19). The fourth-order valence-electron chi connectivity index (χ4n) is 2.05. The number of benzene rings is 1. The van der Waals surface area contributed by atoms with E-state index < -0.39 is 0 Å². The van der Waals surface area contributed by atoms with Crippen molar-refractivity contribution >= 4 is 5.96 Å². The van der Waals surface area contributed by atoms with Gasteiger partial charge in [0.05, 0.1) is 6.54 Å². The van der Waals surface area contributed by atoms with Crippen molar-refractivity contribution in [2.75, 3.05) is 13.1 Å². The molecule has 0 aliphatic carbocycles. The van der Waals surface area contributed by atoms with Gasteiger partial charge >= 0.3 is 0 Å². The van der Waals surface area contributed by atoms with Crippen molar-refractivity contribution in [3.05, 3.63) is 48.3 Å². The van der Waals surface area contributed by atoms with Crippen LogP contribution in [0.3, 0.4) is 0 Å². The van der Waals surface area contributed by atoms with Gasteiger partial charge in [-0.3, -0.25) is 4.68 Å². The lowest BCUT2D eigenvalue weighted by Gasteiger charge is -2.11. The number of phenolic OH excluding ortho intramolecular Hbond substituents is 1. The SMILES string of the molecule is CCNC(=NCc1cccc(O)c1)NCCCn1cccn1. The second-order valence-electron chi connectivity index (χ2n) is 4.91. The number of nitrogens with zero attached hydrogens (tertiary/aromatic N) is 3. The molecular weight excluding hydrogens is 278 g/mol. The highest BCUT2D eigenvalue weighted by Crippen LogP contribution is 2.11. The maximum atomic E-state index is 9.46. The number of guanidine groups is 1. The summed E-state index contributed by atoms with van der Waals surface area (Å²) < 4.78 is 1.92. The maximum absolute atomic E-state index is 9.46. The number of aryl methyl sites for hydroxylation is 1. The normalized spacial score (nSPS) is 11.4. The highest BCUT2D eigenvalue weighted by molar-refractivity contribution is 5.79. The van der Waals surface area contributed by atoms with Crippen molar-refractivity contribution in [2.24, 2.45) is 4.99 Å². The summed E-state index contributed by atoms with van der Waals surface area (Å²) in [5.41, 5.74) is 0.980. The van der Waals surface area contributed by atoms with E-state index in [1.165, 1.54) is 0 Å². The van der Waals surface area contributed by atoms with Gasteiger partial charge in [-0.1, -0.05) is 12.1 Å². The smallest absolute Gasteiger partial charge is 0.191 e. The van der Waals surface area contributed by atoms with Gasteiger partial charge in [-0.25, -0.2) is 4.99 Å². The van der Waals surface area contributed by atoms with Crippen LogP contribution in [0.1, 0.15) is 18.9 Å². The van der Waals surface area contributed by atoms with Crippen LogP contribution in [0.2, 0.25) is 0 Å². The zero-order valence-electron chi connectivity index (χ0n) is 12.9. The fourth-order valence-corrected chi connectivity index (χ4v) is 2.05. The number of nitrogens with one attached hydrogen (secondary N) is 2. The maximum Gasteiger partial charge on any atom is 0.191 e. The van der Waals surface area contributed by atoms with E-state index in [1.54, 1.807) is 18.3 Å². The van der Waals surface area contributed by atoms with E-state index in [0.717, 1.165) is 37.6 Å². The predicted molar refractivity (Wildman–Crippen MR) is 87.8 cm³/mol. The van der Waals surface area contributed by atoms with Crippen LogP contribution in [0.15, 0.2) is 47.7 Å². The molecular formula is C16H23N5O. The highest BCUT2D eigenvalue weighted by Gasteiger charge is 1.98. The van der Waals surface area contributed by atoms with Gasteiger partial charge in [0.25, 0.3) is 0 Å². The van der Waals surface area contributed by atoms with Gasteiger partial charge in [0, 0.05) is 32.0 Å². The lowest BCUT2D eigenvalue weighted by atomic mass is 10.2. The summed E-state index contributed by atoms with van der Waals surface area (Å²) in [6, 6.07) is 9.08. The van der Waals surface area contributed by atoms with Crippen molar-refractivity contribution in [3.8, 4) is 5.75 Å². The Morgan fingerprint density at radius 3 is 2.95 bits per heavy atom. The molecule has 1 aromatic carbocycles. The number of rotatable bonds is 7. The largest absolute Gasteiger partial charge is 0.508 e. The minimum Gasteiger partial charge on any atom is -0.508 e. The first-order valence-corrected chi connectivity index (χ1v) is 7.55. The van der Waals surface area contributed by atoms with E-state index in [-0.39, 0.29) is 5.75 Å². The number of aliphatic imine (C=N–C) groups is 1. The number of aromatic hydroxyl groups is 1. The average Bonchev–Trinajstić information content (AvgIpc) is 3.02. The molecule has 0 bridgehead atoms. The van der Waals surface area contributed by atoms with Gasteiger partial charge in [0.1, 0.15) is 5.75 Å². The molecule has 0 spiro atoms. The van der Waals surface area contributed by atoms with Crippen LogP contribution in [-0.2, 0) is 13.1 Å². The number of hydrogen-bond donors (Lipinski definition) is 3. The van der Waals surface area contributed by atoms with E-state index in [1.807, 2.05) is 36.0 Å². The number of phenols is 1. The molecule has 0 fully saturated rings. The third-order valence-corrected chi connectivity index (χ3v) is 3.09. The van der Waals surface area contributed by atoms with Crippen LogP contribution in [-0.4, -0.2) is 33.9 Å². The number of hydrogen-bond acceptors (Lipinski definition) is 3. The van der Waals surface area contributed by atoms with Gasteiger partial charge in [-0.15, -0.1) is 0 Å². The Morgan fingerprint density at radius 1 is 1.32 bits per heavy atom.